The Morgan fingerprint density at radius 3 is 2.68 bits per heavy atom. The molecule has 1 N–H and O–H groups in total. The molecule has 1 rings (SSSR count). The molecule has 19 heavy (non-hydrogen) atoms. The molecule has 0 aromatic heterocycles. The molecule has 5 heteroatoms. The Hall–Kier alpha value is -1.10. The predicted molar refractivity (Wildman–Crippen MR) is 73.7 cm³/mol. The van der Waals surface area contributed by atoms with Crippen LogP contribution in [0.5, 0.6) is 0 Å². The van der Waals surface area contributed by atoms with Crippen LogP contribution >= 0.6 is 0 Å². The zero-order valence-electron chi connectivity index (χ0n) is 12.3. The van der Waals surface area contributed by atoms with Gasteiger partial charge in [0.15, 0.2) is 0 Å². The van der Waals surface area contributed by atoms with Crippen molar-refractivity contribution in [1.29, 1.82) is 0 Å². The second-order valence-corrected chi connectivity index (χ2v) is 5.14. The predicted octanol–water partition coefficient (Wildman–Crippen LogP) is 1.18. The normalized spacial score (nSPS) is 22.9. The number of rotatable bonds is 6. The van der Waals surface area contributed by atoms with Crippen LogP contribution in [-0.4, -0.2) is 49.6 Å². The summed E-state index contributed by atoms with van der Waals surface area (Å²) in [5.41, 5.74) is 0. The molecule has 1 aliphatic heterocycles. The zero-order valence-corrected chi connectivity index (χ0v) is 12.3. The van der Waals surface area contributed by atoms with Crippen molar-refractivity contribution in [3.8, 4) is 0 Å². The molecule has 0 aliphatic carbocycles. The molecule has 1 saturated heterocycles. The molecular weight excluding hydrogens is 244 g/mol. The van der Waals surface area contributed by atoms with Crippen LogP contribution in [0.15, 0.2) is 0 Å². The van der Waals surface area contributed by atoms with E-state index in [1.165, 1.54) is 7.11 Å². The number of ether oxygens (including phenoxy) is 1. The van der Waals surface area contributed by atoms with E-state index in [1.807, 2.05) is 6.92 Å². The smallest absolute Gasteiger partial charge is 0.325 e. The topological polar surface area (TPSA) is 58.6 Å². The summed E-state index contributed by atoms with van der Waals surface area (Å²) in [6, 6.07) is -0.144. The van der Waals surface area contributed by atoms with E-state index < -0.39 is 0 Å². The Morgan fingerprint density at radius 2 is 2.11 bits per heavy atom. The number of nitrogens with one attached hydrogen (secondary N) is 1. The molecule has 0 radical (unpaired) electrons. The molecule has 5 nitrogen and oxygen atoms in total. The Labute approximate surface area is 115 Å². The Morgan fingerprint density at radius 1 is 1.37 bits per heavy atom. The number of hydrogen-bond donors (Lipinski definition) is 1. The van der Waals surface area contributed by atoms with Gasteiger partial charge < -0.3 is 15.0 Å². The molecule has 2 atom stereocenters. The van der Waals surface area contributed by atoms with E-state index in [1.54, 1.807) is 4.90 Å². The molecular formula is C14H26N2O3. The number of piperidine rings is 1. The quantitative estimate of drug-likeness (QED) is 0.736. The highest BCUT2D eigenvalue weighted by Gasteiger charge is 2.30. The van der Waals surface area contributed by atoms with Gasteiger partial charge in [0.2, 0.25) is 5.91 Å². The van der Waals surface area contributed by atoms with Crippen LogP contribution in [0, 0.1) is 5.92 Å². The van der Waals surface area contributed by atoms with Gasteiger partial charge in [-0.05, 0) is 31.7 Å². The fraction of sp³-hybridized carbons (Fsp3) is 0.857. The van der Waals surface area contributed by atoms with Crippen molar-refractivity contribution in [2.24, 2.45) is 5.92 Å². The summed E-state index contributed by atoms with van der Waals surface area (Å²) in [5, 5.41) is 3.27. The summed E-state index contributed by atoms with van der Waals surface area (Å²) in [4.78, 5) is 25.4. The Balaban J connectivity index is 2.61. The molecule has 0 spiro atoms. The van der Waals surface area contributed by atoms with Gasteiger partial charge in [-0.2, -0.15) is 0 Å². The van der Waals surface area contributed by atoms with Crippen LogP contribution in [0.25, 0.3) is 0 Å². The van der Waals surface area contributed by atoms with E-state index in [0.717, 1.165) is 32.2 Å². The first-order valence-corrected chi connectivity index (χ1v) is 7.21. The van der Waals surface area contributed by atoms with Crippen molar-refractivity contribution >= 4 is 11.9 Å². The lowest BCUT2D eigenvalue weighted by Gasteiger charge is -2.32. The maximum atomic E-state index is 12.5. The van der Waals surface area contributed by atoms with Crippen molar-refractivity contribution in [2.45, 2.75) is 45.6 Å². The summed E-state index contributed by atoms with van der Waals surface area (Å²) in [6.07, 6.45) is 3.95. The van der Waals surface area contributed by atoms with Crippen molar-refractivity contribution < 1.29 is 14.3 Å². The van der Waals surface area contributed by atoms with Gasteiger partial charge in [0, 0.05) is 6.54 Å². The van der Waals surface area contributed by atoms with E-state index in [-0.39, 0.29) is 24.5 Å². The number of esters is 1. The van der Waals surface area contributed by atoms with Crippen LogP contribution in [0.1, 0.15) is 39.5 Å². The average molecular weight is 270 g/mol. The first-order chi connectivity index (χ1) is 9.12. The van der Waals surface area contributed by atoms with Gasteiger partial charge in [0.25, 0.3) is 0 Å². The largest absolute Gasteiger partial charge is 0.468 e. The lowest BCUT2D eigenvalue weighted by Crippen LogP contribution is -2.51. The fourth-order valence-corrected chi connectivity index (χ4v) is 2.53. The highest BCUT2D eigenvalue weighted by atomic mass is 16.5. The summed E-state index contributed by atoms with van der Waals surface area (Å²) in [6.45, 7) is 5.70. The van der Waals surface area contributed by atoms with Gasteiger partial charge in [-0.1, -0.05) is 20.3 Å². The van der Waals surface area contributed by atoms with Gasteiger partial charge in [0.05, 0.1) is 13.2 Å². The number of hydrogen-bond acceptors (Lipinski definition) is 4. The minimum Gasteiger partial charge on any atom is -0.468 e. The van der Waals surface area contributed by atoms with E-state index in [0.29, 0.717) is 12.5 Å². The summed E-state index contributed by atoms with van der Waals surface area (Å²) < 4.78 is 4.65. The first kappa shape index (κ1) is 16.0. The number of amides is 1. The maximum absolute atomic E-state index is 12.5. The highest BCUT2D eigenvalue weighted by Crippen LogP contribution is 2.20. The molecule has 0 saturated carbocycles. The minimum atomic E-state index is -0.357. The minimum absolute atomic E-state index is 0.0328. The molecule has 0 bridgehead atoms. The second-order valence-electron chi connectivity index (χ2n) is 5.14. The van der Waals surface area contributed by atoms with Crippen molar-refractivity contribution in [1.82, 2.24) is 10.2 Å². The standard InChI is InChI=1S/C14H26N2O3/c1-4-8-16(10-13(17)19-3)14(18)12-9-11(5-2)6-7-15-12/h11-12,15H,4-10H2,1-3H3. The molecule has 0 aromatic rings. The Kier molecular flexibility index (Phi) is 6.84. The fourth-order valence-electron chi connectivity index (χ4n) is 2.53. The van der Waals surface area contributed by atoms with Crippen molar-refractivity contribution in [2.75, 3.05) is 26.7 Å². The SMILES string of the molecule is CCCN(CC(=O)OC)C(=O)C1CC(CC)CCN1. The van der Waals surface area contributed by atoms with Crippen LogP contribution < -0.4 is 5.32 Å². The zero-order chi connectivity index (χ0) is 14.3. The van der Waals surface area contributed by atoms with Crippen LogP contribution in [0.2, 0.25) is 0 Å². The van der Waals surface area contributed by atoms with E-state index >= 15 is 0 Å². The number of carbonyl (C=O) groups is 2. The summed E-state index contributed by atoms with van der Waals surface area (Å²) in [7, 11) is 1.35. The third-order valence-corrected chi connectivity index (χ3v) is 3.74. The lowest BCUT2D eigenvalue weighted by atomic mass is 9.90. The number of carbonyl (C=O) groups excluding carboxylic acids is 2. The highest BCUT2D eigenvalue weighted by molar-refractivity contribution is 5.85. The molecule has 110 valence electrons. The first-order valence-electron chi connectivity index (χ1n) is 7.21. The molecule has 2 unspecified atom stereocenters. The summed E-state index contributed by atoms with van der Waals surface area (Å²) in [5.74, 6) is 0.284. The average Bonchev–Trinajstić information content (AvgIpc) is 2.45. The summed E-state index contributed by atoms with van der Waals surface area (Å²) >= 11 is 0. The third kappa shape index (κ3) is 4.82. The van der Waals surface area contributed by atoms with Gasteiger partial charge >= 0.3 is 5.97 Å². The Bertz CT molecular complexity index is 307. The van der Waals surface area contributed by atoms with Crippen molar-refractivity contribution in [3.05, 3.63) is 0 Å². The molecule has 1 aliphatic rings. The molecule has 1 fully saturated rings. The van der Waals surface area contributed by atoms with E-state index in [9.17, 15) is 9.59 Å². The van der Waals surface area contributed by atoms with Crippen LogP contribution in [0.3, 0.4) is 0 Å². The number of methoxy groups -OCH3 is 1. The van der Waals surface area contributed by atoms with Gasteiger partial charge in [-0.15, -0.1) is 0 Å². The molecule has 0 aromatic carbocycles. The van der Waals surface area contributed by atoms with Crippen molar-refractivity contribution in [3.63, 3.8) is 0 Å². The maximum Gasteiger partial charge on any atom is 0.325 e. The number of nitrogens with zero attached hydrogens (tertiary/aromatic N) is 1. The van der Waals surface area contributed by atoms with Crippen LogP contribution in [-0.2, 0) is 14.3 Å². The second kappa shape index (κ2) is 8.15. The lowest BCUT2D eigenvalue weighted by molar-refractivity contribution is -0.148. The van der Waals surface area contributed by atoms with Gasteiger partial charge in [0.1, 0.15) is 6.54 Å². The van der Waals surface area contributed by atoms with Gasteiger partial charge in [-0.3, -0.25) is 9.59 Å². The van der Waals surface area contributed by atoms with E-state index in [2.05, 4.69) is 17.0 Å². The molecule has 1 heterocycles. The van der Waals surface area contributed by atoms with Gasteiger partial charge in [-0.25, -0.2) is 0 Å². The third-order valence-electron chi connectivity index (χ3n) is 3.74. The molecule has 1 amide bonds. The van der Waals surface area contributed by atoms with E-state index in [4.69, 9.17) is 0 Å². The van der Waals surface area contributed by atoms with Crippen LogP contribution in [0.4, 0.5) is 0 Å². The monoisotopic (exact) mass is 270 g/mol.